The van der Waals surface area contributed by atoms with Gasteiger partial charge in [0, 0.05) is 12.5 Å². The zero-order chi connectivity index (χ0) is 15.1. The number of rotatable bonds is 7. The quantitative estimate of drug-likeness (QED) is 0.754. The van der Waals surface area contributed by atoms with E-state index in [0.29, 0.717) is 32.4 Å². The van der Waals surface area contributed by atoms with Gasteiger partial charge >= 0.3 is 5.97 Å². The van der Waals surface area contributed by atoms with Crippen molar-refractivity contribution >= 4 is 11.9 Å². The molecule has 0 aromatic heterocycles. The average Bonchev–Trinajstić information content (AvgIpc) is 2.98. The van der Waals surface area contributed by atoms with Gasteiger partial charge in [-0.2, -0.15) is 0 Å². The van der Waals surface area contributed by atoms with Crippen molar-refractivity contribution < 1.29 is 19.4 Å². The smallest absolute Gasteiger partial charge is 0.306 e. The highest BCUT2D eigenvalue weighted by Crippen LogP contribution is 2.31. The zero-order valence-electron chi connectivity index (χ0n) is 12.0. The Hall–Kier alpha value is -2.04. The molecule has 5 heteroatoms. The number of carbonyl (C=O) groups excluding carboxylic acids is 1. The first-order valence-electron chi connectivity index (χ1n) is 7.35. The molecule has 21 heavy (non-hydrogen) atoms. The highest BCUT2D eigenvalue weighted by Gasteiger charge is 2.33. The van der Waals surface area contributed by atoms with Gasteiger partial charge in [-0.3, -0.25) is 9.59 Å². The number of carboxylic acids is 1. The molecule has 0 heterocycles. The average molecular weight is 291 g/mol. The van der Waals surface area contributed by atoms with Gasteiger partial charge in [-0.15, -0.1) is 0 Å². The van der Waals surface area contributed by atoms with Crippen molar-refractivity contribution in [3.05, 3.63) is 30.3 Å². The molecule has 1 aromatic carbocycles. The van der Waals surface area contributed by atoms with E-state index in [9.17, 15) is 9.59 Å². The Bertz CT molecular complexity index is 474. The monoisotopic (exact) mass is 291 g/mol. The van der Waals surface area contributed by atoms with E-state index >= 15 is 0 Å². The molecule has 1 aliphatic carbocycles. The fourth-order valence-electron chi connectivity index (χ4n) is 2.58. The lowest BCUT2D eigenvalue weighted by molar-refractivity contribution is -0.141. The number of para-hydroxylation sites is 1. The maximum absolute atomic E-state index is 11.9. The molecule has 2 atom stereocenters. The Labute approximate surface area is 124 Å². The summed E-state index contributed by atoms with van der Waals surface area (Å²) in [6, 6.07) is 9.54. The lowest BCUT2D eigenvalue weighted by Crippen LogP contribution is -2.31. The first-order chi connectivity index (χ1) is 10.2. The fourth-order valence-corrected chi connectivity index (χ4v) is 2.58. The molecule has 0 saturated heterocycles. The van der Waals surface area contributed by atoms with Crippen molar-refractivity contribution in [3.8, 4) is 5.75 Å². The van der Waals surface area contributed by atoms with Crippen LogP contribution < -0.4 is 10.1 Å². The number of benzene rings is 1. The van der Waals surface area contributed by atoms with Gasteiger partial charge in [-0.25, -0.2) is 0 Å². The maximum atomic E-state index is 11.9. The topological polar surface area (TPSA) is 75.6 Å². The number of carbonyl (C=O) groups is 2. The van der Waals surface area contributed by atoms with Crippen LogP contribution in [0.25, 0.3) is 0 Å². The first kappa shape index (κ1) is 15.4. The number of ether oxygens (including phenoxy) is 1. The summed E-state index contributed by atoms with van der Waals surface area (Å²) in [6.45, 7) is 1.10. The predicted octanol–water partition coefficient (Wildman–Crippen LogP) is 2.07. The van der Waals surface area contributed by atoms with E-state index in [2.05, 4.69) is 5.32 Å². The maximum Gasteiger partial charge on any atom is 0.306 e. The molecule has 1 fully saturated rings. The number of carboxylic acid groups (broad SMARTS) is 1. The molecule has 1 saturated carbocycles. The second kappa shape index (κ2) is 7.67. The number of aliphatic carboxylic acids is 1. The van der Waals surface area contributed by atoms with Crippen LogP contribution in [0.1, 0.15) is 25.7 Å². The lowest BCUT2D eigenvalue weighted by Gasteiger charge is -2.11. The third kappa shape index (κ3) is 4.77. The van der Waals surface area contributed by atoms with Crippen LogP contribution in [-0.4, -0.2) is 30.1 Å². The van der Waals surface area contributed by atoms with Gasteiger partial charge < -0.3 is 15.2 Å². The van der Waals surface area contributed by atoms with E-state index in [1.165, 1.54) is 0 Å². The molecule has 114 valence electrons. The van der Waals surface area contributed by atoms with Gasteiger partial charge in [0.05, 0.1) is 12.5 Å². The van der Waals surface area contributed by atoms with Crippen molar-refractivity contribution in [2.24, 2.45) is 11.8 Å². The number of nitrogens with one attached hydrogen (secondary N) is 1. The van der Waals surface area contributed by atoms with E-state index in [0.717, 1.165) is 12.2 Å². The summed E-state index contributed by atoms with van der Waals surface area (Å²) in [5, 5.41) is 11.8. The van der Waals surface area contributed by atoms with Crippen molar-refractivity contribution in [1.82, 2.24) is 5.32 Å². The van der Waals surface area contributed by atoms with Crippen LogP contribution in [0.5, 0.6) is 5.75 Å². The standard InChI is InChI=1S/C16H21NO4/c18-15(12-7-8-13(11-12)16(19)20)17-9-4-10-21-14-5-2-1-3-6-14/h1-3,5-6,12-13H,4,7-11H2,(H,17,18)(H,19,20)/t12-,13+/m1/s1. The molecule has 0 radical (unpaired) electrons. The summed E-state index contributed by atoms with van der Waals surface area (Å²) in [4.78, 5) is 22.8. The molecule has 0 aliphatic heterocycles. The van der Waals surface area contributed by atoms with Crippen LogP contribution in [0.15, 0.2) is 30.3 Å². The molecular formula is C16H21NO4. The molecular weight excluding hydrogens is 270 g/mol. The predicted molar refractivity (Wildman–Crippen MR) is 78.0 cm³/mol. The van der Waals surface area contributed by atoms with Crippen molar-refractivity contribution in [3.63, 3.8) is 0 Å². The van der Waals surface area contributed by atoms with Crippen LogP contribution >= 0.6 is 0 Å². The number of hydrogen-bond donors (Lipinski definition) is 2. The van der Waals surface area contributed by atoms with Gasteiger partial charge in [0.2, 0.25) is 5.91 Å². The highest BCUT2D eigenvalue weighted by atomic mass is 16.5. The minimum absolute atomic E-state index is 0.0292. The Morgan fingerprint density at radius 1 is 1.19 bits per heavy atom. The molecule has 5 nitrogen and oxygen atoms in total. The molecule has 1 aromatic rings. The summed E-state index contributed by atoms with van der Waals surface area (Å²) >= 11 is 0. The third-order valence-corrected chi connectivity index (χ3v) is 3.78. The second-order valence-corrected chi connectivity index (χ2v) is 5.35. The van der Waals surface area contributed by atoms with Gasteiger partial charge in [0.15, 0.2) is 0 Å². The zero-order valence-corrected chi connectivity index (χ0v) is 12.0. The van der Waals surface area contributed by atoms with Gasteiger partial charge in [0.25, 0.3) is 0 Å². The van der Waals surface area contributed by atoms with E-state index in [1.807, 2.05) is 30.3 Å². The van der Waals surface area contributed by atoms with Crippen LogP contribution in [0.4, 0.5) is 0 Å². The van der Waals surface area contributed by atoms with Crippen molar-refractivity contribution in [2.75, 3.05) is 13.2 Å². The lowest BCUT2D eigenvalue weighted by atomic mass is 10.0. The first-order valence-corrected chi connectivity index (χ1v) is 7.35. The number of hydrogen-bond acceptors (Lipinski definition) is 3. The Kier molecular flexibility index (Phi) is 5.60. The molecule has 1 aliphatic rings. The van der Waals surface area contributed by atoms with Gasteiger partial charge in [-0.05, 0) is 37.8 Å². The minimum atomic E-state index is -0.790. The van der Waals surface area contributed by atoms with Gasteiger partial charge in [-0.1, -0.05) is 18.2 Å². The Morgan fingerprint density at radius 3 is 2.57 bits per heavy atom. The van der Waals surface area contributed by atoms with Crippen LogP contribution in [-0.2, 0) is 9.59 Å². The summed E-state index contributed by atoms with van der Waals surface area (Å²) in [6.07, 6.45) is 2.46. The van der Waals surface area contributed by atoms with E-state index in [-0.39, 0.29) is 17.7 Å². The SMILES string of the molecule is O=C(O)[C@H]1CC[C@@H](C(=O)NCCCOc2ccccc2)C1. The van der Waals surface area contributed by atoms with Crippen LogP contribution in [0, 0.1) is 11.8 Å². The third-order valence-electron chi connectivity index (χ3n) is 3.78. The Morgan fingerprint density at radius 2 is 1.90 bits per heavy atom. The van der Waals surface area contributed by atoms with Crippen molar-refractivity contribution in [1.29, 1.82) is 0 Å². The van der Waals surface area contributed by atoms with Crippen molar-refractivity contribution in [2.45, 2.75) is 25.7 Å². The molecule has 2 rings (SSSR count). The Balaban J connectivity index is 1.59. The molecule has 1 amide bonds. The highest BCUT2D eigenvalue weighted by molar-refractivity contribution is 5.80. The normalized spacial score (nSPS) is 21.0. The van der Waals surface area contributed by atoms with E-state index in [4.69, 9.17) is 9.84 Å². The minimum Gasteiger partial charge on any atom is -0.494 e. The number of amides is 1. The second-order valence-electron chi connectivity index (χ2n) is 5.35. The summed E-state index contributed by atoms with van der Waals surface area (Å²) in [7, 11) is 0. The van der Waals surface area contributed by atoms with Crippen LogP contribution in [0.2, 0.25) is 0 Å². The summed E-state index contributed by atoms with van der Waals surface area (Å²) in [5.74, 6) is -0.507. The molecule has 0 spiro atoms. The summed E-state index contributed by atoms with van der Waals surface area (Å²) in [5.41, 5.74) is 0. The summed E-state index contributed by atoms with van der Waals surface area (Å²) < 4.78 is 5.53. The molecule has 2 N–H and O–H groups in total. The largest absolute Gasteiger partial charge is 0.494 e. The van der Waals surface area contributed by atoms with E-state index in [1.54, 1.807) is 0 Å². The van der Waals surface area contributed by atoms with Gasteiger partial charge in [0.1, 0.15) is 5.75 Å². The van der Waals surface area contributed by atoms with E-state index < -0.39 is 5.97 Å². The molecule has 0 bridgehead atoms. The van der Waals surface area contributed by atoms with Crippen LogP contribution in [0.3, 0.4) is 0 Å². The molecule has 0 unspecified atom stereocenters. The fraction of sp³-hybridized carbons (Fsp3) is 0.500.